The van der Waals surface area contributed by atoms with E-state index in [1.54, 1.807) is 13.1 Å². The van der Waals surface area contributed by atoms with Crippen LogP contribution in [0.4, 0.5) is 0 Å². The minimum Gasteiger partial charge on any atom is -0.356 e. The lowest BCUT2D eigenvalue weighted by molar-refractivity contribution is -0.121. The van der Waals surface area contributed by atoms with Crippen molar-refractivity contribution in [1.82, 2.24) is 15.6 Å². The Hall–Kier alpha value is -2.69. The number of rotatable bonds is 7. The summed E-state index contributed by atoms with van der Waals surface area (Å²) in [6.07, 6.45) is 6.37. The molecule has 29 heavy (non-hydrogen) atoms. The van der Waals surface area contributed by atoms with E-state index in [-0.39, 0.29) is 17.9 Å². The van der Waals surface area contributed by atoms with Crippen LogP contribution in [0.1, 0.15) is 55.5 Å². The molecule has 5 heteroatoms. The molecule has 5 nitrogen and oxygen atoms in total. The van der Waals surface area contributed by atoms with Crippen LogP contribution < -0.4 is 10.6 Å². The number of hydrogen-bond donors (Lipinski definition) is 2. The maximum atomic E-state index is 12.3. The van der Waals surface area contributed by atoms with E-state index in [2.05, 4.69) is 15.6 Å². The fraction of sp³-hybridized carbons (Fsp3) is 0.458. The molecule has 1 fully saturated rings. The number of pyridine rings is 1. The number of nitrogens with one attached hydrogen (secondary N) is 2. The first-order valence-corrected chi connectivity index (χ1v) is 10.5. The highest BCUT2D eigenvalue weighted by Crippen LogP contribution is 2.36. The summed E-state index contributed by atoms with van der Waals surface area (Å²) >= 11 is 0. The average molecular weight is 394 g/mol. The summed E-state index contributed by atoms with van der Waals surface area (Å²) < 4.78 is 0. The van der Waals surface area contributed by atoms with Gasteiger partial charge in [-0.15, -0.1) is 0 Å². The number of carbonyl (C=O) groups excluding carboxylic acids is 2. The third-order valence-electron chi connectivity index (χ3n) is 5.80. The lowest BCUT2D eigenvalue weighted by Crippen LogP contribution is -2.36. The molecule has 0 aliphatic heterocycles. The number of nitrogens with zero attached hydrogens (tertiary/aromatic N) is 1. The molecule has 154 valence electrons. The molecule has 0 spiro atoms. The van der Waals surface area contributed by atoms with E-state index < -0.39 is 0 Å². The van der Waals surface area contributed by atoms with Crippen LogP contribution in [0.2, 0.25) is 0 Å². The molecule has 1 aromatic carbocycles. The Morgan fingerprint density at radius 3 is 2.41 bits per heavy atom. The Morgan fingerprint density at radius 1 is 1.07 bits per heavy atom. The van der Waals surface area contributed by atoms with Crippen molar-refractivity contribution < 1.29 is 9.59 Å². The van der Waals surface area contributed by atoms with Crippen LogP contribution in [0.25, 0.3) is 0 Å². The lowest BCUT2D eigenvalue weighted by atomic mass is 9.77. The van der Waals surface area contributed by atoms with Gasteiger partial charge in [-0.05, 0) is 62.1 Å². The van der Waals surface area contributed by atoms with Crippen molar-refractivity contribution in [3.05, 3.63) is 65.5 Å². The van der Waals surface area contributed by atoms with Crippen LogP contribution in [0.15, 0.2) is 48.7 Å². The number of hydrogen-bond acceptors (Lipinski definition) is 3. The second-order valence-corrected chi connectivity index (χ2v) is 8.18. The van der Waals surface area contributed by atoms with Crippen molar-refractivity contribution in [2.45, 2.75) is 52.0 Å². The zero-order valence-electron chi connectivity index (χ0n) is 17.4. The van der Waals surface area contributed by atoms with Crippen LogP contribution >= 0.6 is 0 Å². The largest absolute Gasteiger partial charge is 0.356 e. The quantitative estimate of drug-likeness (QED) is 0.753. The van der Waals surface area contributed by atoms with Gasteiger partial charge in [-0.2, -0.15) is 0 Å². The maximum absolute atomic E-state index is 12.3. The Kier molecular flexibility index (Phi) is 7.39. The van der Waals surface area contributed by atoms with E-state index in [4.69, 9.17) is 0 Å². The molecule has 0 bridgehead atoms. The minimum absolute atomic E-state index is 0.0221. The van der Waals surface area contributed by atoms with Gasteiger partial charge < -0.3 is 10.6 Å². The third-order valence-corrected chi connectivity index (χ3v) is 5.80. The molecule has 2 amide bonds. The van der Waals surface area contributed by atoms with Crippen LogP contribution in [0, 0.1) is 18.8 Å². The smallest absolute Gasteiger partial charge is 0.224 e. The van der Waals surface area contributed by atoms with Crippen LogP contribution in [-0.2, 0) is 16.0 Å². The molecule has 0 radical (unpaired) electrons. The molecule has 2 N–H and O–H groups in total. The molecule has 1 atom stereocenters. The van der Waals surface area contributed by atoms with Crippen molar-refractivity contribution in [3.8, 4) is 0 Å². The summed E-state index contributed by atoms with van der Waals surface area (Å²) in [5, 5.41) is 6.19. The standard InChI is InChI=1S/C24H31N3O2/c1-17-6-8-19(9-7-17)15-23(29)26-16-20-10-12-21(13-11-20)24(27-18(2)28)22-5-3-4-14-25-22/h3-9,14,20-21,24H,10-13,15-16H2,1-2H3,(H,26,29)(H,27,28)/t20?,21?,24-/m1/s1. The van der Waals surface area contributed by atoms with E-state index in [1.165, 1.54) is 5.56 Å². The minimum atomic E-state index is -0.0363. The van der Waals surface area contributed by atoms with Gasteiger partial charge in [0.2, 0.25) is 11.8 Å². The van der Waals surface area contributed by atoms with Crippen molar-refractivity contribution in [1.29, 1.82) is 0 Å². The molecule has 1 heterocycles. The molecule has 1 aliphatic rings. The molecule has 1 saturated carbocycles. The molecule has 1 aromatic heterocycles. The average Bonchev–Trinajstić information content (AvgIpc) is 2.73. The highest BCUT2D eigenvalue weighted by atomic mass is 16.2. The Morgan fingerprint density at radius 2 is 1.79 bits per heavy atom. The van der Waals surface area contributed by atoms with Crippen molar-refractivity contribution in [3.63, 3.8) is 0 Å². The molecule has 3 rings (SSSR count). The summed E-state index contributed by atoms with van der Waals surface area (Å²) in [5.74, 6) is 0.940. The zero-order chi connectivity index (χ0) is 20.6. The van der Waals surface area contributed by atoms with Gasteiger partial charge >= 0.3 is 0 Å². The fourth-order valence-corrected chi connectivity index (χ4v) is 4.15. The number of aromatic nitrogens is 1. The Bertz CT molecular complexity index is 797. The van der Waals surface area contributed by atoms with Gasteiger partial charge in [-0.3, -0.25) is 14.6 Å². The highest BCUT2D eigenvalue weighted by molar-refractivity contribution is 5.78. The van der Waals surface area contributed by atoms with Crippen molar-refractivity contribution in [2.75, 3.05) is 6.54 Å². The Balaban J connectivity index is 1.47. The van der Waals surface area contributed by atoms with Gasteiger partial charge in [0.1, 0.15) is 0 Å². The number of benzene rings is 1. The van der Waals surface area contributed by atoms with Crippen molar-refractivity contribution in [2.24, 2.45) is 11.8 Å². The van der Waals surface area contributed by atoms with E-state index in [0.29, 0.717) is 18.3 Å². The Labute approximate surface area is 173 Å². The molecule has 0 unspecified atom stereocenters. The normalized spacial score (nSPS) is 19.9. The first kappa shape index (κ1) is 21.0. The predicted octanol–water partition coefficient (Wildman–Crippen LogP) is 3.73. The zero-order valence-corrected chi connectivity index (χ0v) is 17.4. The van der Waals surface area contributed by atoms with E-state index >= 15 is 0 Å². The van der Waals surface area contributed by atoms with E-state index in [0.717, 1.165) is 43.5 Å². The number of carbonyl (C=O) groups is 2. The summed E-state index contributed by atoms with van der Waals surface area (Å²) in [5.41, 5.74) is 3.18. The van der Waals surface area contributed by atoms with Crippen LogP contribution in [0.3, 0.4) is 0 Å². The van der Waals surface area contributed by atoms with Gasteiger partial charge in [-0.25, -0.2) is 0 Å². The fourth-order valence-electron chi connectivity index (χ4n) is 4.15. The van der Waals surface area contributed by atoms with Gasteiger partial charge in [0.05, 0.1) is 18.2 Å². The van der Waals surface area contributed by atoms with Gasteiger partial charge in [0.25, 0.3) is 0 Å². The first-order chi connectivity index (χ1) is 14.0. The van der Waals surface area contributed by atoms with Crippen LogP contribution in [0.5, 0.6) is 0 Å². The van der Waals surface area contributed by atoms with E-state index in [1.807, 2.05) is 49.4 Å². The van der Waals surface area contributed by atoms with Gasteiger partial charge in [0, 0.05) is 19.7 Å². The maximum Gasteiger partial charge on any atom is 0.224 e. The van der Waals surface area contributed by atoms with Gasteiger partial charge in [0.15, 0.2) is 0 Å². The summed E-state index contributed by atoms with van der Waals surface area (Å²) in [6.45, 7) is 4.33. The third kappa shape index (κ3) is 6.41. The number of amides is 2. The lowest BCUT2D eigenvalue weighted by Gasteiger charge is -2.34. The predicted molar refractivity (Wildman–Crippen MR) is 114 cm³/mol. The topological polar surface area (TPSA) is 71.1 Å². The molecular formula is C24H31N3O2. The number of aryl methyl sites for hydroxylation is 1. The summed E-state index contributed by atoms with van der Waals surface area (Å²) in [6, 6.07) is 13.9. The molecule has 2 aromatic rings. The van der Waals surface area contributed by atoms with E-state index in [9.17, 15) is 9.59 Å². The second kappa shape index (κ2) is 10.2. The highest BCUT2D eigenvalue weighted by Gasteiger charge is 2.30. The molecular weight excluding hydrogens is 362 g/mol. The summed E-state index contributed by atoms with van der Waals surface area (Å²) in [4.78, 5) is 28.4. The molecule has 1 aliphatic carbocycles. The van der Waals surface area contributed by atoms with Crippen molar-refractivity contribution >= 4 is 11.8 Å². The second-order valence-electron chi connectivity index (χ2n) is 8.18. The first-order valence-electron chi connectivity index (χ1n) is 10.5. The molecule has 0 saturated heterocycles. The monoisotopic (exact) mass is 393 g/mol. The van der Waals surface area contributed by atoms with Crippen LogP contribution in [-0.4, -0.2) is 23.3 Å². The summed E-state index contributed by atoms with van der Waals surface area (Å²) in [7, 11) is 0. The van der Waals surface area contributed by atoms with Gasteiger partial charge in [-0.1, -0.05) is 35.9 Å². The SMILES string of the molecule is CC(=O)N[C@@H](c1ccccn1)C1CCC(CNC(=O)Cc2ccc(C)cc2)CC1.